The van der Waals surface area contributed by atoms with Crippen LogP contribution in [0.3, 0.4) is 0 Å². The van der Waals surface area contributed by atoms with Crippen LogP contribution in [0.2, 0.25) is 0 Å². The zero-order chi connectivity index (χ0) is 17.6. The number of fused-ring (bicyclic) bond motifs is 1. The Morgan fingerprint density at radius 1 is 1.24 bits per heavy atom. The average molecular weight is 342 g/mol. The predicted octanol–water partition coefficient (Wildman–Crippen LogP) is 2.65. The zero-order valence-electron chi connectivity index (χ0n) is 15.6. The van der Waals surface area contributed by atoms with Gasteiger partial charge in [0.05, 0.1) is 0 Å². The highest BCUT2D eigenvalue weighted by Crippen LogP contribution is 2.29. The normalized spacial score (nSPS) is 21.7. The van der Waals surface area contributed by atoms with E-state index >= 15 is 0 Å². The van der Waals surface area contributed by atoms with Crippen molar-refractivity contribution in [3.8, 4) is 0 Å². The molecule has 0 radical (unpaired) electrons. The average Bonchev–Trinajstić information content (AvgIpc) is 3.04. The summed E-state index contributed by atoms with van der Waals surface area (Å²) in [6.45, 7) is 5.47. The van der Waals surface area contributed by atoms with E-state index in [9.17, 15) is 0 Å². The number of aliphatic imine (C=N–C) groups is 1. The maximum atomic E-state index is 4.37. The first-order valence-corrected chi connectivity index (χ1v) is 9.43. The van der Waals surface area contributed by atoms with Crippen molar-refractivity contribution in [2.24, 2.45) is 16.8 Å². The van der Waals surface area contributed by atoms with E-state index in [-0.39, 0.29) is 0 Å². The predicted molar refractivity (Wildman–Crippen MR) is 102 cm³/mol. The van der Waals surface area contributed by atoms with Gasteiger partial charge in [0.15, 0.2) is 11.6 Å². The SMILES string of the molecule is CN=C(NCCc1nnc2ccccn12)NC1CCC(C(C)C)CC1. The summed E-state index contributed by atoms with van der Waals surface area (Å²) < 4.78 is 2.03. The van der Waals surface area contributed by atoms with Gasteiger partial charge in [0.2, 0.25) is 0 Å². The van der Waals surface area contributed by atoms with Crippen LogP contribution in [0.15, 0.2) is 29.4 Å². The summed E-state index contributed by atoms with van der Waals surface area (Å²) in [5.74, 6) is 3.54. The summed E-state index contributed by atoms with van der Waals surface area (Å²) in [6.07, 6.45) is 7.92. The third-order valence-electron chi connectivity index (χ3n) is 5.30. The van der Waals surface area contributed by atoms with E-state index < -0.39 is 0 Å². The molecule has 2 N–H and O–H groups in total. The largest absolute Gasteiger partial charge is 0.356 e. The molecule has 0 saturated heterocycles. The van der Waals surface area contributed by atoms with Crippen molar-refractivity contribution in [3.63, 3.8) is 0 Å². The van der Waals surface area contributed by atoms with Crippen molar-refractivity contribution in [1.82, 2.24) is 25.2 Å². The van der Waals surface area contributed by atoms with Gasteiger partial charge in [-0.1, -0.05) is 19.9 Å². The highest BCUT2D eigenvalue weighted by molar-refractivity contribution is 5.79. The molecule has 1 saturated carbocycles. The lowest BCUT2D eigenvalue weighted by molar-refractivity contribution is 0.250. The minimum atomic E-state index is 0.537. The Bertz CT molecular complexity index is 697. The molecule has 2 aromatic heterocycles. The lowest BCUT2D eigenvalue weighted by atomic mass is 9.80. The molecule has 0 atom stereocenters. The van der Waals surface area contributed by atoms with Gasteiger partial charge >= 0.3 is 0 Å². The maximum absolute atomic E-state index is 4.37. The van der Waals surface area contributed by atoms with Gasteiger partial charge in [0, 0.05) is 32.3 Å². The van der Waals surface area contributed by atoms with Gasteiger partial charge in [-0.15, -0.1) is 10.2 Å². The van der Waals surface area contributed by atoms with Gasteiger partial charge in [-0.25, -0.2) is 0 Å². The van der Waals surface area contributed by atoms with Crippen LogP contribution in [0.4, 0.5) is 0 Å². The van der Waals surface area contributed by atoms with Crippen LogP contribution in [0.5, 0.6) is 0 Å². The van der Waals surface area contributed by atoms with Gasteiger partial charge in [-0.05, 0) is 49.7 Å². The first kappa shape index (κ1) is 17.7. The summed E-state index contributed by atoms with van der Waals surface area (Å²) in [4.78, 5) is 4.37. The van der Waals surface area contributed by atoms with E-state index in [4.69, 9.17) is 0 Å². The Balaban J connectivity index is 1.45. The fourth-order valence-corrected chi connectivity index (χ4v) is 3.67. The second kappa shape index (κ2) is 8.32. The number of nitrogens with zero attached hydrogens (tertiary/aromatic N) is 4. The number of guanidine groups is 1. The molecule has 0 spiro atoms. The van der Waals surface area contributed by atoms with E-state index in [1.165, 1.54) is 25.7 Å². The van der Waals surface area contributed by atoms with Crippen LogP contribution in [-0.2, 0) is 6.42 Å². The molecule has 3 rings (SSSR count). The number of aromatic nitrogens is 3. The summed E-state index contributed by atoms with van der Waals surface area (Å²) in [5.41, 5.74) is 0.891. The lowest BCUT2D eigenvalue weighted by Crippen LogP contribution is -2.45. The molecule has 25 heavy (non-hydrogen) atoms. The van der Waals surface area contributed by atoms with Crippen LogP contribution >= 0.6 is 0 Å². The Morgan fingerprint density at radius 3 is 2.76 bits per heavy atom. The molecule has 1 aliphatic carbocycles. The molecule has 0 unspecified atom stereocenters. The molecule has 0 bridgehead atoms. The van der Waals surface area contributed by atoms with Crippen molar-refractivity contribution in [1.29, 1.82) is 0 Å². The van der Waals surface area contributed by atoms with Crippen molar-refractivity contribution < 1.29 is 0 Å². The molecule has 1 fully saturated rings. The fourth-order valence-electron chi connectivity index (χ4n) is 3.67. The summed E-state index contributed by atoms with van der Waals surface area (Å²) >= 11 is 0. The molecule has 1 aliphatic rings. The van der Waals surface area contributed by atoms with E-state index in [1.54, 1.807) is 0 Å². The van der Waals surface area contributed by atoms with Crippen molar-refractivity contribution >= 4 is 11.6 Å². The van der Waals surface area contributed by atoms with E-state index in [2.05, 4.69) is 39.7 Å². The molecular formula is C19H30N6. The summed E-state index contributed by atoms with van der Waals surface area (Å²) in [7, 11) is 1.83. The van der Waals surface area contributed by atoms with Crippen LogP contribution in [-0.4, -0.2) is 40.2 Å². The third kappa shape index (κ3) is 4.50. The molecular weight excluding hydrogens is 312 g/mol. The van der Waals surface area contributed by atoms with Crippen molar-refractivity contribution in [3.05, 3.63) is 30.2 Å². The van der Waals surface area contributed by atoms with Crippen LogP contribution in [0.25, 0.3) is 5.65 Å². The minimum Gasteiger partial charge on any atom is -0.356 e. The number of hydrogen-bond acceptors (Lipinski definition) is 3. The lowest BCUT2D eigenvalue weighted by Gasteiger charge is -2.32. The van der Waals surface area contributed by atoms with Gasteiger partial charge in [-0.2, -0.15) is 0 Å². The third-order valence-corrected chi connectivity index (χ3v) is 5.30. The van der Waals surface area contributed by atoms with Gasteiger partial charge in [0.25, 0.3) is 0 Å². The molecule has 2 aromatic rings. The number of hydrogen-bond donors (Lipinski definition) is 2. The fraction of sp³-hybridized carbons (Fsp3) is 0.632. The maximum Gasteiger partial charge on any atom is 0.191 e. The quantitative estimate of drug-likeness (QED) is 0.647. The molecule has 6 nitrogen and oxygen atoms in total. The van der Waals surface area contributed by atoms with Crippen molar-refractivity contribution in [2.75, 3.05) is 13.6 Å². The first-order chi connectivity index (χ1) is 12.2. The smallest absolute Gasteiger partial charge is 0.191 e. The number of pyridine rings is 1. The standard InChI is InChI=1S/C19H30N6/c1-14(2)15-7-9-16(10-8-15)22-19(20-3)21-12-11-18-24-23-17-6-4-5-13-25(17)18/h4-6,13-16H,7-12H2,1-3H3,(H2,20,21,22). The van der Waals surface area contributed by atoms with E-state index in [0.29, 0.717) is 6.04 Å². The second-order valence-corrected chi connectivity index (χ2v) is 7.29. The highest BCUT2D eigenvalue weighted by Gasteiger charge is 2.23. The molecule has 0 amide bonds. The van der Waals surface area contributed by atoms with Crippen LogP contribution < -0.4 is 10.6 Å². The zero-order valence-corrected chi connectivity index (χ0v) is 15.6. The summed E-state index contributed by atoms with van der Waals surface area (Å²) in [6, 6.07) is 6.49. The Labute approximate surface area is 150 Å². The molecule has 136 valence electrons. The first-order valence-electron chi connectivity index (χ1n) is 9.43. The Morgan fingerprint density at radius 2 is 2.04 bits per heavy atom. The van der Waals surface area contributed by atoms with Crippen molar-refractivity contribution in [2.45, 2.75) is 52.0 Å². The number of nitrogens with one attached hydrogen (secondary N) is 2. The van der Waals surface area contributed by atoms with Crippen LogP contribution in [0, 0.1) is 11.8 Å². The van der Waals surface area contributed by atoms with Crippen LogP contribution in [0.1, 0.15) is 45.4 Å². The Kier molecular flexibility index (Phi) is 5.89. The molecule has 0 aliphatic heterocycles. The summed E-state index contributed by atoms with van der Waals surface area (Å²) in [5, 5.41) is 15.5. The molecule has 2 heterocycles. The Hall–Kier alpha value is -2.11. The number of rotatable bonds is 5. The highest BCUT2D eigenvalue weighted by atomic mass is 15.2. The molecule has 0 aromatic carbocycles. The molecule has 6 heteroatoms. The van der Waals surface area contributed by atoms with E-state index in [0.717, 1.165) is 42.2 Å². The monoisotopic (exact) mass is 342 g/mol. The van der Waals surface area contributed by atoms with Gasteiger partial charge in [0.1, 0.15) is 5.82 Å². The second-order valence-electron chi connectivity index (χ2n) is 7.29. The van der Waals surface area contributed by atoms with Gasteiger partial charge in [-0.3, -0.25) is 9.39 Å². The minimum absolute atomic E-state index is 0.537. The van der Waals surface area contributed by atoms with E-state index in [1.807, 2.05) is 35.8 Å². The van der Waals surface area contributed by atoms with Gasteiger partial charge < -0.3 is 10.6 Å². The topological polar surface area (TPSA) is 66.6 Å².